The molecule has 3 N–H and O–H groups in total. The second-order valence-corrected chi connectivity index (χ2v) is 4.85. The van der Waals surface area contributed by atoms with E-state index in [0.717, 1.165) is 5.56 Å². The Bertz CT molecular complexity index is 613. The van der Waals surface area contributed by atoms with Gasteiger partial charge in [-0.2, -0.15) is 0 Å². The molecule has 0 bridgehead atoms. The van der Waals surface area contributed by atoms with Crippen molar-refractivity contribution in [2.24, 2.45) is 0 Å². The van der Waals surface area contributed by atoms with Crippen molar-refractivity contribution in [1.82, 2.24) is 20.2 Å². The average molecular weight is 302 g/mol. The van der Waals surface area contributed by atoms with E-state index in [1.807, 2.05) is 30.3 Å². The van der Waals surface area contributed by atoms with Crippen LogP contribution in [0.1, 0.15) is 16.1 Å². The van der Waals surface area contributed by atoms with Gasteiger partial charge in [-0.3, -0.25) is 9.59 Å². The number of carbonyl (C=O) groups is 2. The quantitative estimate of drug-likeness (QED) is 0.708. The van der Waals surface area contributed by atoms with Gasteiger partial charge in [-0.15, -0.1) is 0 Å². The number of aromatic nitrogens is 2. The van der Waals surface area contributed by atoms with E-state index in [2.05, 4.69) is 15.3 Å². The smallest absolute Gasteiger partial charge is 0.270 e. The largest absolute Gasteiger partial charge is 0.394 e. The van der Waals surface area contributed by atoms with Crippen LogP contribution in [0.5, 0.6) is 0 Å². The Kier molecular flexibility index (Phi) is 5.26. The van der Waals surface area contributed by atoms with Crippen molar-refractivity contribution < 1.29 is 14.7 Å². The summed E-state index contributed by atoms with van der Waals surface area (Å²) in [7, 11) is 1.63. The predicted molar refractivity (Wildman–Crippen MR) is 79.8 cm³/mol. The fourth-order valence-corrected chi connectivity index (χ4v) is 2.00. The number of aliphatic hydroxyl groups excluding tert-OH is 1. The van der Waals surface area contributed by atoms with E-state index in [0.29, 0.717) is 6.54 Å². The average Bonchev–Trinajstić information content (AvgIpc) is 3.07. The van der Waals surface area contributed by atoms with Crippen LogP contribution in [-0.4, -0.2) is 51.5 Å². The monoisotopic (exact) mass is 302 g/mol. The Hall–Kier alpha value is -2.67. The maximum atomic E-state index is 12.3. The van der Waals surface area contributed by atoms with Crippen molar-refractivity contribution in [3.63, 3.8) is 0 Å². The van der Waals surface area contributed by atoms with Crippen molar-refractivity contribution in [2.45, 2.75) is 12.6 Å². The van der Waals surface area contributed by atoms with Crippen LogP contribution >= 0.6 is 0 Å². The molecule has 1 heterocycles. The lowest BCUT2D eigenvalue weighted by Crippen LogP contribution is -2.49. The van der Waals surface area contributed by atoms with Gasteiger partial charge in [0.15, 0.2) is 0 Å². The van der Waals surface area contributed by atoms with Crippen molar-refractivity contribution >= 4 is 11.8 Å². The molecule has 0 saturated heterocycles. The Balaban J connectivity index is 1.97. The number of rotatable bonds is 6. The molecule has 116 valence electrons. The van der Waals surface area contributed by atoms with E-state index in [-0.39, 0.29) is 11.6 Å². The number of amides is 2. The highest BCUT2D eigenvalue weighted by Crippen LogP contribution is 2.04. The van der Waals surface area contributed by atoms with E-state index in [1.165, 1.54) is 17.4 Å². The van der Waals surface area contributed by atoms with E-state index >= 15 is 0 Å². The fraction of sp³-hybridized carbons (Fsp3) is 0.267. The zero-order valence-corrected chi connectivity index (χ0v) is 12.2. The molecule has 22 heavy (non-hydrogen) atoms. The Morgan fingerprint density at radius 2 is 2.09 bits per heavy atom. The summed E-state index contributed by atoms with van der Waals surface area (Å²) in [6, 6.07) is 8.48. The third-order valence-electron chi connectivity index (χ3n) is 3.17. The molecule has 7 heteroatoms. The molecule has 0 saturated carbocycles. The SMILES string of the molecule is CN(Cc1ccccc1)C(=O)[C@H](CO)NC(=O)c1cnc[nH]1. The predicted octanol–water partition coefficient (Wildman–Crippen LogP) is 0.159. The van der Waals surface area contributed by atoms with Crippen LogP contribution in [-0.2, 0) is 11.3 Å². The molecule has 2 rings (SSSR count). The number of benzene rings is 1. The summed E-state index contributed by atoms with van der Waals surface area (Å²) in [4.78, 5) is 32.0. The van der Waals surface area contributed by atoms with Crippen molar-refractivity contribution in [3.8, 4) is 0 Å². The first-order valence-electron chi connectivity index (χ1n) is 6.81. The highest BCUT2D eigenvalue weighted by atomic mass is 16.3. The number of hydrogen-bond acceptors (Lipinski definition) is 4. The third-order valence-corrected chi connectivity index (χ3v) is 3.17. The van der Waals surface area contributed by atoms with Gasteiger partial charge in [0.2, 0.25) is 5.91 Å². The minimum atomic E-state index is -0.996. The third kappa shape index (κ3) is 3.92. The van der Waals surface area contributed by atoms with Crippen LogP contribution in [0.3, 0.4) is 0 Å². The second kappa shape index (κ2) is 7.37. The lowest BCUT2D eigenvalue weighted by molar-refractivity contribution is -0.133. The minimum absolute atomic E-state index is 0.233. The summed E-state index contributed by atoms with van der Waals surface area (Å²) >= 11 is 0. The minimum Gasteiger partial charge on any atom is -0.394 e. The Morgan fingerprint density at radius 3 is 2.68 bits per heavy atom. The second-order valence-electron chi connectivity index (χ2n) is 4.85. The van der Waals surface area contributed by atoms with Crippen LogP contribution in [0.2, 0.25) is 0 Å². The van der Waals surface area contributed by atoms with Gasteiger partial charge in [-0.1, -0.05) is 30.3 Å². The zero-order chi connectivity index (χ0) is 15.9. The molecule has 1 aromatic carbocycles. The van der Waals surface area contributed by atoms with Crippen molar-refractivity contribution in [3.05, 3.63) is 54.1 Å². The molecular formula is C15H18N4O3. The summed E-state index contributed by atoms with van der Waals surface area (Å²) in [6.45, 7) is -0.0755. The number of aliphatic hydroxyl groups is 1. The van der Waals surface area contributed by atoms with Crippen LogP contribution in [0.4, 0.5) is 0 Å². The molecule has 2 aromatic rings. The van der Waals surface area contributed by atoms with Gasteiger partial charge in [0.05, 0.1) is 19.1 Å². The van der Waals surface area contributed by atoms with Gasteiger partial charge in [0.25, 0.3) is 5.91 Å². The fourth-order valence-electron chi connectivity index (χ4n) is 2.00. The molecule has 1 aromatic heterocycles. The first-order valence-corrected chi connectivity index (χ1v) is 6.81. The van der Waals surface area contributed by atoms with E-state index in [9.17, 15) is 14.7 Å². The number of imidazole rings is 1. The lowest BCUT2D eigenvalue weighted by atomic mass is 10.2. The topological polar surface area (TPSA) is 98.3 Å². The molecule has 2 amide bonds. The molecule has 0 aliphatic heterocycles. The molecule has 0 spiro atoms. The molecule has 7 nitrogen and oxygen atoms in total. The Morgan fingerprint density at radius 1 is 1.36 bits per heavy atom. The summed E-state index contributed by atoms with van der Waals surface area (Å²) in [5.74, 6) is -0.850. The van der Waals surface area contributed by atoms with Gasteiger partial charge in [0, 0.05) is 13.6 Å². The maximum absolute atomic E-state index is 12.3. The zero-order valence-electron chi connectivity index (χ0n) is 12.2. The molecule has 0 aliphatic carbocycles. The van der Waals surface area contributed by atoms with Gasteiger partial charge in [-0.05, 0) is 5.56 Å². The standard InChI is InChI=1S/C15H18N4O3/c1-19(8-11-5-3-2-4-6-11)15(22)13(9-20)18-14(21)12-7-16-10-17-12/h2-7,10,13,20H,8-9H2,1H3,(H,16,17)(H,18,21)/t13-/m0/s1. The van der Waals surface area contributed by atoms with Gasteiger partial charge in [0.1, 0.15) is 11.7 Å². The number of carbonyl (C=O) groups excluding carboxylic acids is 2. The van der Waals surface area contributed by atoms with Gasteiger partial charge < -0.3 is 20.3 Å². The molecule has 0 fully saturated rings. The number of likely N-dealkylation sites (N-methyl/N-ethyl adjacent to an activating group) is 1. The summed E-state index contributed by atoms with van der Waals surface area (Å²) in [5, 5.41) is 11.9. The van der Waals surface area contributed by atoms with Crippen LogP contribution in [0.25, 0.3) is 0 Å². The highest BCUT2D eigenvalue weighted by Gasteiger charge is 2.24. The molecule has 0 unspecified atom stereocenters. The summed E-state index contributed by atoms with van der Waals surface area (Å²) in [6.07, 6.45) is 2.72. The van der Waals surface area contributed by atoms with E-state index in [4.69, 9.17) is 0 Å². The maximum Gasteiger partial charge on any atom is 0.270 e. The first-order chi connectivity index (χ1) is 10.6. The molecule has 0 radical (unpaired) electrons. The number of nitrogens with one attached hydrogen (secondary N) is 2. The normalized spacial score (nSPS) is 11.7. The number of aromatic amines is 1. The summed E-state index contributed by atoms with van der Waals surface area (Å²) < 4.78 is 0. The van der Waals surface area contributed by atoms with Crippen LogP contribution in [0.15, 0.2) is 42.9 Å². The first kappa shape index (κ1) is 15.7. The van der Waals surface area contributed by atoms with E-state index in [1.54, 1.807) is 7.05 Å². The summed E-state index contributed by atoms with van der Waals surface area (Å²) in [5.41, 5.74) is 1.20. The van der Waals surface area contributed by atoms with Crippen LogP contribution in [0, 0.1) is 0 Å². The number of nitrogens with zero attached hydrogens (tertiary/aromatic N) is 2. The number of hydrogen-bond donors (Lipinski definition) is 3. The molecule has 0 aliphatic rings. The molecule has 1 atom stereocenters. The van der Waals surface area contributed by atoms with Gasteiger partial charge in [-0.25, -0.2) is 4.98 Å². The Labute approximate surface area is 128 Å². The molecular weight excluding hydrogens is 284 g/mol. The lowest BCUT2D eigenvalue weighted by Gasteiger charge is -2.23. The van der Waals surface area contributed by atoms with E-state index < -0.39 is 18.6 Å². The highest BCUT2D eigenvalue weighted by molar-refractivity contribution is 5.95. The van der Waals surface area contributed by atoms with Crippen LogP contribution < -0.4 is 5.32 Å². The van der Waals surface area contributed by atoms with Crippen molar-refractivity contribution in [1.29, 1.82) is 0 Å². The number of H-pyrrole nitrogens is 1. The van der Waals surface area contributed by atoms with Gasteiger partial charge >= 0.3 is 0 Å². The van der Waals surface area contributed by atoms with Crippen molar-refractivity contribution in [2.75, 3.05) is 13.7 Å².